The minimum absolute atomic E-state index is 0.276. The van der Waals surface area contributed by atoms with E-state index in [0.717, 1.165) is 0 Å². The minimum atomic E-state index is -0.725. The second kappa shape index (κ2) is 6.95. The molecule has 0 saturated carbocycles. The minimum Gasteiger partial charge on any atom is -0.444 e. The number of nitrogens with two attached hydrogens (primary N) is 1. The molecule has 0 spiro atoms. The predicted octanol–water partition coefficient (Wildman–Crippen LogP) is 2.62. The topological polar surface area (TPSA) is 97.5 Å². The Hall–Kier alpha value is -1.83. The Morgan fingerprint density at radius 1 is 1.41 bits per heavy atom. The first kappa shape index (κ1) is 18.2. The fourth-order valence-electron chi connectivity index (χ4n) is 1.48. The van der Waals surface area contributed by atoms with Gasteiger partial charge in [-0.1, -0.05) is 15.9 Å². The number of halogens is 1. The first-order chi connectivity index (χ1) is 9.99. The summed E-state index contributed by atoms with van der Waals surface area (Å²) in [4.78, 5) is 29.4. The molecule has 0 radical (unpaired) electrons. The fraction of sp³-hybridized carbons (Fsp3) is 0.500. The summed E-state index contributed by atoms with van der Waals surface area (Å²) in [6.07, 6.45) is -0.572. The monoisotopic (exact) mass is 372 g/mol. The van der Waals surface area contributed by atoms with Gasteiger partial charge in [0, 0.05) is 11.5 Å². The van der Waals surface area contributed by atoms with Crippen LogP contribution in [0.5, 0.6) is 0 Å². The van der Waals surface area contributed by atoms with Gasteiger partial charge in [-0.15, -0.1) is 0 Å². The number of nitrogens with zero attached hydrogens (tertiary/aromatic N) is 2. The van der Waals surface area contributed by atoms with Crippen molar-refractivity contribution in [2.24, 2.45) is 0 Å². The highest BCUT2D eigenvalue weighted by Gasteiger charge is 2.27. The van der Waals surface area contributed by atoms with Crippen LogP contribution in [0.25, 0.3) is 0 Å². The first-order valence-corrected chi connectivity index (χ1v) is 7.48. The van der Waals surface area contributed by atoms with E-state index in [4.69, 9.17) is 10.5 Å². The average molecular weight is 373 g/mol. The Labute approximate surface area is 138 Å². The fourth-order valence-corrected chi connectivity index (χ4v) is 1.93. The standard InChI is InChI=1S/C14H21BrN4O3/c1-8(19(5)13(21)22-14(2,3)4)12(20)18-11-7-9(15)6-10(16)17-11/h6-8H,1-5H3,(H3,16,17,18,20). The van der Waals surface area contributed by atoms with Crippen molar-refractivity contribution < 1.29 is 14.3 Å². The van der Waals surface area contributed by atoms with Crippen molar-refractivity contribution in [1.82, 2.24) is 9.88 Å². The van der Waals surface area contributed by atoms with Crippen LogP contribution in [0.4, 0.5) is 16.4 Å². The van der Waals surface area contributed by atoms with Crippen LogP contribution < -0.4 is 11.1 Å². The number of nitrogen functional groups attached to an aromatic ring is 1. The zero-order valence-corrected chi connectivity index (χ0v) is 14.9. The van der Waals surface area contributed by atoms with Crippen molar-refractivity contribution >= 4 is 39.6 Å². The highest BCUT2D eigenvalue weighted by Crippen LogP contribution is 2.18. The molecule has 1 unspecified atom stereocenters. The van der Waals surface area contributed by atoms with Gasteiger partial charge in [-0.05, 0) is 39.8 Å². The summed E-state index contributed by atoms with van der Waals surface area (Å²) < 4.78 is 5.92. The summed E-state index contributed by atoms with van der Waals surface area (Å²) >= 11 is 3.27. The van der Waals surface area contributed by atoms with E-state index in [1.165, 1.54) is 11.9 Å². The summed E-state index contributed by atoms with van der Waals surface area (Å²) in [5.74, 6) is 0.192. The van der Waals surface area contributed by atoms with Gasteiger partial charge in [0.2, 0.25) is 5.91 Å². The lowest BCUT2D eigenvalue weighted by atomic mass is 10.2. The maximum absolute atomic E-state index is 12.2. The molecule has 1 aromatic rings. The molecule has 0 aliphatic rings. The zero-order valence-electron chi connectivity index (χ0n) is 13.3. The average Bonchev–Trinajstić information content (AvgIpc) is 2.33. The van der Waals surface area contributed by atoms with E-state index in [-0.39, 0.29) is 5.82 Å². The van der Waals surface area contributed by atoms with E-state index in [0.29, 0.717) is 10.3 Å². The van der Waals surface area contributed by atoms with Crippen LogP contribution in [0.1, 0.15) is 27.7 Å². The van der Waals surface area contributed by atoms with E-state index >= 15 is 0 Å². The lowest BCUT2D eigenvalue weighted by Gasteiger charge is -2.28. The molecule has 1 heterocycles. The van der Waals surface area contributed by atoms with Crippen molar-refractivity contribution in [2.75, 3.05) is 18.1 Å². The normalized spacial score (nSPS) is 12.5. The number of ether oxygens (including phenoxy) is 1. The molecule has 0 bridgehead atoms. The molecule has 122 valence electrons. The highest BCUT2D eigenvalue weighted by molar-refractivity contribution is 9.10. The number of carbonyl (C=O) groups excluding carboxylic acids is 2. The number of pyridine rings is 1. The summed E-state index contributed by atoms with van der Waals surface area (Å²) in [5.41, 5.74) is 4.99. The molecule has 0 aromatic carbocycles. The second-order valence-corrected chi connectivity index (χ2v) is 6.77. The Bertz CT molecular complexity index is 551. The maximum atomic E-state index is 12.2. The number of aromatic nitrogens is 1. The number of likely N-dealkylation sites (N-methyl/N-ethyl adjacent to an activating group) is 1. The van der Waals surface area contributed by atoms with E-state index in [9.17, 15) is 9.59 Å². The number of rotatable bonds is 3. The molecule has 1 aromatic heterocycles. The number of amides is 2. The van der Waals surface area contributed by atoms with Crippen molar-refractivity contribution in [3.63, 3.8) is 0 Å². The molecule has 1 atom stereocenters. The third-order valence-corrected chi connectivity index (χ3v) is 3.16. The van der Waals surface area contributed by atoms with Gasteiger partial charge in [-0.3, -0.25) is 9.69 Å². The molecule has 7 nitrogen and oxygen atoms in total. The lowest BCUT2D eigenvalue weighted by molar-refractivity contribution is -0.120. The van der Waals surface area contributed by atoms with Crippen LogP contribution >= 0.6 is 15.9 Å². The first-order valence-electron chi connectivity index (χ1n) is 6.69. The smallest absolute Gasteiger partial charge is 0.410 e. The van der Waals surface area contributed by atoms with Crippen LogP contribution in [0.15, 0.2) is 16.6 Å². The van der Waals surface area contributed by atoms with Crippen LogP contribution in [0.2, 0.25) is 0 Å². The molecule has 0 aliphatic heterocycles. The van der Waals surface area contributed by atoms with E-state index in [1.54, 1.807) is 39.8 Å². The van der Waals surface area contributed by atoms with Crippen LogP contribution in [-0.2, 0) is 9.53 Å². The third-order valence-electron chi connectivity index (χ3n) is 2.70. The summed E-state index contributed by atoms with van der Waals surface area (Å²) in [5, 5.41) is 2.61. The Balaban J connectivity index is 2.73. The Kier molecular flexibility index (Phi) is 5.76. The second-order valence-electron chi connectivity index (χ2n) is 5.85. The molecule has 2 amide bonds. The summed E-state index contributed by atoms with van der Waals surface area (Å²) in [6, 6.07) is 2.51. The van der Waals surface area contributed by atoms with Gasteiger partial charge in [0.25, 0.3) is 0 Å². The van der Waals surface area contributed by atoms with Crippen molar-refractivity contribution in [3.8, 4) is 0 Å². The van der Waals surface area contributed by atoms with Crippen molar-refractivity contribution in [3.05, 3.63) is 16.6 Å². The number of carbonyl (C=O) groups is 2. The largest absolute Gasteiger partial charge is 0.444 e. The van der Waals surface area contributed by atoms with Gasteiger partial charge in [0.15, 0.2) is 0 Å². The van der Waals surface area contributed by atoms with Crippen LogP contribution in [0, 0.1) is 0 Å². The van der Waals surface area contributed by atoms with E-state index < -0.39 is 23.6 Å². The van der Waals surface area contributed by atoms with Gasteiger partial charge in [0.05, 0.1) is 0 Å². The number of hydrogen-bond donors (Lipinski definition) is 2. The molecule has 3 N–H and O–H groups in total. The summed E-state index contributed by atoms with van der Waals surface area (Å²) in [7, 11) is 1.50. The Morgan fingerprint density at radius 3 is 2.50 bits per heavy atom. The van der Waals surface area contributed by atoms with E-state index in [1.807, 2.05) is 0 Å². The number of hydrogen-bond acceptors (Lipinski definition) is 5. The predicted molar refractivity (Wildman–Crippen MR) is 88.4 cm³/mol. The summed E-state index contributed by atoms with van der Waals surface area (Å²) in [6.45, 7) is 6.88. The van der Waals surface area contributed by atoms with Crippen molar-refractivity contribution in [1.29, 1.82) is 0 Å². The van der Waals surface area contributed by atoms with Gasteiger partial charge in [-0.25, -0.2) is 9.78 Å². The van der Waals surface area contributed by atoms with Gasteiger partial charge in [-0.2, -0.15) is 0 Å². The highest BCUT2D eigenvalue weighted by atomic mass is 79.9. The molecule has 0 aliphatic carbocycles. The third kappa shape index (κ3) is 5.51. The van der Waals surface area contributed by atoms with Gasteiger partial charge < -0.3 is 15.8 Å². The SMILES string of the molecule is CC(C(=O)Nc1cc(Br)cc(N)n1)N(C)C(=O)OC(C)(C)C. The Morgan fingerprint density at radius 2 is 2.00 bits per heavy atom. The van der Waals surface area contributed by atoms with Crippen molar-refractivity contribution in [2.45, 2.75) is 39.3 Å². The van der Waals surface area contributed by atoms with Gasteiger partial charge >= 0.3 is 6.09 Å². The molecular formula is C14H21BrN4O3. The zero-order chi connectivity index (χ0) is 17.1. The number of nitrogens with one attached hydrogen (secondary N) is 1. The quantitative estimate of drug-likeness (QED) is 0.849. The molecule has 22 heavy (non-hydrogen) atoms. The maximum Gasteiger partial charge on any atom is 0.410 e. The molecule has 0 fully saturated rings. The van der Waals surface area contributed by atoms with E-state index in [2.05, 4.69) is 26.2 Å². The van der Waals surface area contributed by atoms with Gasteiger partial charge in [0.1, 0.15) is 23.3 Å². The molecule has 0 saturated heterocycles. The molecule has 1 rings (SSSR count). The molecule has 8 heteroatoms. The number of anilines is 2. The molecular weight excluding hydrogens is 352 g/mol. The van der Waals surface area contributed by atoms with Crippen LogP contribution in [-0.4, -0.2) is 40.6 Å². The lowest BCUT2D eigenvalue weighted by Crippen LogP contribution is -2.45. The van der Waals surface area contributed by atoms with Crippen LogP contribution in [0.3, 0.4) is 0 Å².